The zero-order chi connectivity index (χ0) is 25.5. The number of ether oxygens (including phenoxy) is 1. The summed E-state index contributed by atoms with van der Waals surface area (Å²) in [5, 5.41) is 22.1. The van der Waals surface area contributed by atoms with Crippen molar-refractivity contribution in [1.82, 2.24) is 19.8 Å². The fraction of sp³-hybridized carbons (Fsp3) is 0.500. The lowest BCUT2D eigenvalue weighted by Gasteiger charge is -2.33. The maximum absolute atomic E-state index is 13.0. The molecule has 3 rings (SSSR count). The van der Waals surface area contributed by atoms with E-state index in [-0.39, 0.29) is 37.6 Å². The first-order chi connectivity index (χ1) is 16.8. The summed E-state index contributed by atoms with van der Waals surface area (Å²) in [7, 11) is 1.55. The van der Waals surface area contributed by atoms with Crippen molar-refractivity contribution in [3.8, 4) is 5.75 Å². The lowest BCUT2D eigenvalue weighted by atomic mass is 10.0. The minimum Gasteiger partial charge on any atom is -0.496 e. The van der Waals surface area contributed by atoms with Crippen molar-refractivity contribution in [1.29, 1.82) is 0 Å². The number of piperazine rings is 1. The summed E-state index contributed by atoms with van der Waals surface area (Å²) >= 11 is 0. The largest absolute Gasteiger partial charge is 0.496 e. The molecule has 11 heteroatoms. The molecule has 5 N–H and O–H groups in total. The van der Waals surface area contributed by atoms with Crippen molar-refractivity contribution in [3.05, 3.63) is 40.6 Å². The third-order valence-corrected chi connectivity index (χ3v) is 6.17. The minimum absolute atomic E-state index is 0.0307. The van der Waals surface area contributed by atoms with Crippen LogP contribution in [0.1, 0.15) is 46.9 Å². The fourth-order valence-electron chi connectivity index (χ4n) is 4.20. The van der Waals surface area contributed by atoms with Gasteiger partial charge in [0.15, 0.2) is 0 Å². The van der Waals surface area contributed by atoms with E-state index in [1.54, 1.807) is 24.1 Å². The first-order valence-corrected chi connectivity index (χ1v) is 11.7. The van der Waals surface area contributed by atoms with Crippen LogP contribution < -0.4 is 15.8 Å². The Balaban J connectivity index is 1.83. The number of anilines is 2. The van der Waals surface area contributed by atoms with E-state index in [1.165, 1.54) is 4.90 Å². The van der Waals surface area contributed by atoms with Gasteiger partial charge < -0.3 is 35.8 Å². The van der Waals surface area contributed by atoms with Gasteiger partial charge in [-0.3, -0.25) is 4.79 Å². The second-order valence-electron chi connectivity index (χ2n) is 8.57. The highest BCUT2D eigenvalue weighted by Crippen LogP contribution is 2.28. The molecule has 1 atom stereocenters. The Morgan fingerprint density at radius 1 is 1.20 bits per heavy atom. The van der Waals surface area contributed by atoms with Gasteiger partial charge in [0.05, 0.1) is 19.8 Å². The van der Waals surface area contributed by atoms with Gasteiger partial charge in [0.1, 0.15) is 11.6 Å². The molecule has 0 spiro atoms. The van der Waals surface area contributed by atoms with E-state index in [2.05, 4.69) is 15.3 Å². The highest BCUT2D eigenvalue weighted by atomic mass is 16.5. The molecular weight excluding hydrogens is 452 g/mol. The summed E-state index contributed by atoms with van der Waals surface area (Å²) in [6.07, 6.45) is 1.15. The summed E-state index contributed by atoms with van der Waals surface area (Å²) in [4.78, 5) is 35.8. The first-order valence-electron chi connectivity index (χ1n) is 11.7. The van der Waals surface area contributed by atoms with Crippen molar-refractivity contribution in [2.45, 2.75) is 39.2 Å². The van der Waals surface area contributed by atoms with Crippen molar-refractivity contribution >= 4 is 23.8 Å². The number of hydrogen-bond acceptors (Lipinski definition) is 8. The molecule has 190 valence electrons. The highest BCUT2D eigenvalue weighted by Gasteiger charge is 2.25. The van der Waals surface area contributed by atoms with E-state index in [0.717, 1.165) is 24.0 Å². The van der Waals surface area contributed by atoms with Crippen LogP contribution in [0.4, 0.5) is 16.6 Å². The third-order valence-electron chi connectivity index (χ3n) is 6.17. The monoisotopic (exact) mass is 486 g/mol. The predicted molar refractivity (Wildman–Crippen MR) is 132 cm³/mol. The topological polar surface area (TPSA) is 154 Å². The number of nitrogens with two attached hydrogens (primary N) is 1. The van der Waals surface area contributed by atoms with Crippen LogP contribution in [-0.2, 0) is 6.42 Å². The lowest BCUT2D eigenvalue weighted by molar-refractivity contribution is 0.0624. The van der Waals surface area contributed by atoms with E-state index in [9.17, 15) is 14.7 Å². The molecule has 2 aromatic rings. The van der Waals surface area contributed by atoms with Gasteiger partial charge in [-0.05, 0) is 31.0 Å². The van der Waals surface area contributed by atoms with Gasteiger partial charge in [-0.25, -0.2) is 9.78 Å². The quantitative estimate of drug-likeness (QED) is 0.416. The molecule has 2 heterocycles. The Morgan fingerprint density at radius 2 is 1.89 bits per heavy atom. The molecule has 0 aliphatic carbocycles. The molecule has 1 fully saturated rings. The maximum atomic E-state index is 13.0. The van der Waals surface area contributed by atoms with E-state index in [1.807, 2.05) is 19.9 Å². The maximum Gasteiger partial charge on any atom is 0.407 e. The number of aryl methyl sites for hydroxylation is 1. The third kappa shape index (κ3) is 6.30. The van der Waals surface area contributed by atoms with Gasteiger partial charge >= 0.3 is 6.09 Å². The van der Waals surface area contributed by atoms with Crippen LogP contribution in [0.2, 0.25) is 0 Å². The summed E-state index contributed by atoms with van der Waals surface area (Å²) < 4.78 is 5.61. The Hall–Kier alpha value is -3.60. The second-order valence-corrected chi connectivity index (χ2v) is 8.57. The minimum atomic E-state index is -0.973. The molecule has 11 nitrogen and oxygen atoms in total. The number of aromatic nitrogens is 2. The van der Waals surface area contributed by atoms with Crippen LogP contribution in [0.25, 0.3) is 0 Å². The molecule has 1 aromatic heterocycles. The molecule has 0 radical (unpaired) electrons. The SMILES string of the molecule is CCC[C@@H](CO)Nc1nc(N)nc(C)c1Cc1ccc(C(=O)N2CCN(C(=O)O)CC2)cc1OC. The number of methoxy groups -OCH3 is 1. The van der Waals surface area contributed by atoms with Gasteiger partial charge in [0.2, 0.25) is 5.95 Å². The molecular formula is C24H34N6O5. The molecule has 35 heavy (non-hydrogen) atoms. The standard InChI is InChI=1S/C24H34N6O5/c1-4-5-18(14-31)27-21-19(15(2)26-23(25)28-21)12-16-6-7-17(13-20(16)35-3)22(32)29-8-10-30(11-9-29)24(33)34/h6-7,13,18,31H,4-5,8-12,14H2,1-3H3,(H,33,34)(H3,25,26,27,28)/t18-/m0/s1. The van der Waals surface area contributed by atoms with Crippen molar-refractivity contribution < 1.29 is 24.5 Å². The molecule has 0 bridgehead atoms. The molecule has 1 aromatic carbocycles. The number of carbonyl (C=O) groups is 2. The Bertz CT molecular complexity index is 1050. The number of hydrogen-bond donors (Lipinski definition) is 4. The smallest absolute Gasteiger partial charge is 0.407 e. The number of carboxylic acid groups (broad SMARTS) is 1. The molecule has 1 saturated heterocycles. The van der Waals surface area contributed by atoms with Crippen LogP contribution in [0.15, 0.2) is 18.2 Å². The van der Waals surface area contributed by atoms with Crippen LogP contribution in [-0.4, -0.2) is 87.9 Å². The number of nitrogens with zero attached hydrogens (tertiary/aromatic N) is 4. The van der Waals surface area contributed by atoms with E-state index < -0.39 is 6.09 Å². The summed E-state index contributed by atoms with van der Waals surface area (Å²) in [6, 6.07) is 5.14. The van der Waals surface area contributed by atoms with Crippen LogP contribution in [0.5, 0.6) is 5.75 Å². The zero-order valence-corrected chi connectivity index (χ0v) is 20.5. The van der Waals surface area contributed by atoms with Gasteiger partial charge in [-0.15, -0.1) is 0 Å². The molecule has 1 aliphatic heterocycles. The number of nitrogen functional groups attached to an aromatic ring is 1. The average molecular weight is 487 g/mol. The van der Waals surface area contributed by atoms with Crippen LogP contribution in [0, 0.1) is 6.92 Å². The van der Waals surface area contributed by atoms with Gasteiger partial charge in [0.25, 0.3) is 5.91 Å². The summed E-state index contributed by atoms with van der Waals surface area (Å²) in [5.74, 6) is 1.10. The molecule has 2 amide bonds. The second kappa shape index (κ2) is 11.7. The van der Waals surface area contributed by atoms with E-state index in [4.69, 9.17) is 15.6 Å². The van der Waals surface area contributed by atoms with Crippen molar-refractivity contribution in [2.24, 2.45) is 0 Å². The van der Waals surface area contributed by atoms with Crippen molar-refractivity contribution in [2.75, 3.05) is 50.9 Å². The molecule has 0 saturated carbocycles. The normalized spacial score (nSPS) is 14.5. The Kier molecular flexibility index (Phi) is 8.69. The number of benzene rings is 1. The number of carbonyl (C=O) groups excluding carboxylic acids is 1. The molecule has 0 unspecified atom stereocenters. The first kappa shape index (κ1) is 26.0. The summed E-state index contributed by atoms with van der Waals surface area (Å²) in [5.41, 5.74) is 8.75. The highest BCUT2D eigenvalue weighted by molar-refractivity contribution is 5.95. The van der Waals surface area contributed by atoms with Crippen LogP contribution in [0.3, 0.4) is 0 Å². The van der Waals surface area contributed by atoms with Gasteiger partial charge in [-0.1, -0.05) is 19.4 Å². The van der Waals surface area contributed by atoms with E-state index in [0.29, 0.717) is 42.3 Å². The van der Waals surface area contributed by atoms with Gasteiger partial charge in [-0.2, -0.15) is 4.98 Å². The van der Waals surface area contributed by atoms with Crippen LogP contribution >= 0.6 is 0 Å². The fourth-order valence-corrected chi connectivity index (χ4v) is 4.20. The van der Waals surface area contributed by atoms with E-state index >= 15 is 0 Å². The van der Waals surface area contributed by atoms with Crippen molar-refractivity contribution in [3.63, 3.8) is 0 Å². The number of amides is 2. The Morgan fingerprint density at radius 3 is 2.49 bits per heavy atom. The molecule has 1 aliphatic rings. The Labute approximate surface area is 204 Å². The number of rotatable bonds is 9. The summed E-state index contributed by atoms with van der Waals surface area (Å²) in [6.45, 7) is 5.13. The number of nitrogens with one attached hydrogen (secondary N) is 1. The van der Waals surface area contributed by atoms with Gasteiger partial charge in [0, 0.05) is 49.4 Å². The zero-order valence-electron chi connectivity index (χ0n) is 20.5. The lowest BCUT2D eigenvalue weighted by Crippen LogP contribution is -2.50. The number of aliphatic hydroxyl groups is 1. The number of aliphatic hydroxyl groups excluding tert-OH is 1. The predicted octanol–water partition coefficient (Wildman–Crippen LogP) is 1.98. The average Bonchev–Trinajstić information content (AvgIpc) is 2.85.